The number of aromatic amines is 1. The predicted octanol–water partition coefficient (Wildman–Crippen LogP) is 1.20. The second kappa shape index (κ2) is 12.3. The lowest BCUT2D eigenvalue weighted by Crippen LogP contribution is -2.67. The zero-order valence-electron chi connectivity index (χ0n) is 24.3. The molecule has 11 heteroatoms. The van der Waals surface area contributed by atoms with Crippen molar-refractivity contribution in [3.05, 3.63) is 93.3 Å². The fourth-order valence-corrected chi connectivity index (χ4v) is 10.0. The number of nitrogens with zero attached hydrogens (tertiary/aromatic N) is 1. The molecule has 41 heavy (non-hydrogen) atoms. The Morgan fingerprint density at radius 2 is 1.66 bits per heavy atom. The second-order valence-corrected chi connectivity index (χ2v) is 15.7. The summed E-state index contributed by atoms with van der Waals surface area (Å²) in [5, 5.41) is 15.9. The van der Waals surface area contributed by atoms with Crippen LogP contribution in [0.2, 0.25) is 5.04 Å². The van der Waals surface area contributed by atoms with Crippen molar-refractivity contribution < 1.29 is 23.8 Å². The van der Waals surface area contributed by atoms with Crippen molar-refractivity contribution in [3.8, 4) is 0 Å². The van der Waals surface area contributed by atoms with Gasteiger partial charge in [0, 0.05) is 18.8 Å². The molecule has 1 fully saturated rings. The minimum Gasteiger partial charge on any atom is -0.405 e. The first kappa shape index (κ1) is 30.6. The lowest BCUT2D eigenvalue weighted by Gasteiger charge is -2.43. The van der Waals surface area contributed by atoms with Crippen molar-refractivity contribution in [3.63, 3.8) is 0 Å². The van der Waals surface area contributed by atoms with Gasteiger partial charge in [-0.2, -0.15) is 0 Å². The lowest BCUT2D eigenvalue weighted by molar-refractivity contribution is -0.144. The van der Waals surface area contributed by atoms with Crippen molar-refractivity contribution >= 4 is 24.6 Å². The van der Waals surface area contributed by atoms with Gasteiger partial charge in [0.15, 0.2) is 6.23 Å². The summed E-state index contributed by atoms with van der Waals surface area (Å²) in [6.45, 7) is 9.55. The molecule has 1 aromatic heterocycles. The van der Waals surface area contributed by atoms with Gasteiger partial charge in [-0.25, -0.2) is 4.79 Å². The molecule has 0 radical (unpaired) electrons. The van der Waals surface area contributed by atoms with E-state index >= 15 is 0 Å². The van der Waals surface area contributed by atoms with Crippen molar-refractivity contribution in [1.29, 1.82) is 0 Å². The largest absolute Gasteiger partial charge is 0.405 e. The highest BCUT2D eigenvalue weighted by Gasteiger charge is 2.53. The van der Waals surface area contributed by atoms with Crippen LogP contribution in [0, 0.1) is 6.92 Å². The average molecular weight is 582 g/mol. The Hall–Kier alpha value is -3.35. The monoisotopic (exact) mass is 581 g/mol. The number of aryl methyl sites for hydroxylation is 1. The van der Waals surface area contributed by atoms with Crippen molar-refractivity contribution in [2.75, 3.05) is 13.7 Å². The number of aliphatic hydroxyl groups is 1. The Bertz CT molecular complexity index is 1410. The number of aromatic nitrogens is 2. The molecule has 1 amide bonds. The molecule has 0 spiro atoms. The van der Waals surface area contributed by atoms with Gasteiger partial charge < -0.3 is 24.3 Å². The highest BCUT2D eigenvalue weighted by molar-refractivity contribution is 6.99. The molecule has 3 aromatic rings. The number of ether oxygens (including phenoxy) is 2. The minimum atomic E-state index is -2.96. The number of likely N-dealkylation sites (N-methyl/N-ethyl adjacent to an activating group) is 1. The van der Waals surface area contributed by atoms with Gasteiger partial charge in [-0.1, -0.05) is 81.4 Å². The Balaban J connectivity index is 1.74. The average Bonchev–Trinajstić information content (AvgIpc) is 3.25. The third-order valence-corrected chi connectivity index (χ3v) is 12.6. The number of benzene rings is 2. The Morgan fingerprint density at radius 1 is 1.10 bits per heavy atom. The highest BCUT2D eigenvalue weighted by Crippen LogP contribution is 2.38. The summed E-state index contributed by atoms with van der Waals surface area (Å²) < 4.78 is 20.4. The summed E-state index contributed by atoms with van der Waals surface area (Å²) in [4.78, 5) is 39.4. The van der Waals surface area contributed by atoms with Gasteiger partial charge in [-0.05, 0) is 29.3 Å². The molecule has 1 saturated heterocycles. The summed E-state index contributed by atoms with van der Waals surface area (Å²) in [7, 11) is -1.48. The van der Waals surface area contributed by atoms with E-state index in [-0.39, 0.29) is 17.2 Å². The van der Waals surface area contributed by atoms with E-state index in [1.807, 2.05) is 36.4 Å². The molecule has 5 atom stereocenters. The molecule has 0 saturated carbocycles. The summed E-state index contributed by atoms with van der Waals surface area (Å²) in [6.07, 6.45) is -3.94. The van der Waals surface area contributed by atoms with Crippen LogP contribution in [0.25, 0.3) is 0 Å². The number of hydrogen-bond donors (Lipinski definition) is 3. The molecule has 0 aliphatic carbocycles. The summed E-state index contributed by atoms with van der Waals surface area (Å²) in [5.41, 5.74) is -0.951. The molecule has 3 N–H and O–H groups in total. The number of carbonyl (C=O) groups excluding carboxylic acids is 1. The van der Waals surface area contributed by atoms with Crippen LogP contribution in [0.4, 0.5) is 0 Å². The van der Waals surface area contributed by atoms with E-state index in [9.17, 15) is 19.5 Å². The molecular formula is C30H39N3O7Si. The first-order chi connectivity index (χ1) is 19.4. The molecule has 2 aromatic carbocycles. The zero-order chi connectivity index (χ0) is 29.9. The molecule has 2 heterocycles. The van der Waals surface area contributed by atoms with E-state index in [2.05, 4.69) is 55.3 Å². The van der Waals surface area contributed by atoms with Crippen molar-refractivity contribution in [1.82, 2.24) is 14.9 Å². The van der Waals surface area contributed by atoms with Gasteiger partial charge in [0.25, 0.3) is 13.9 Å². The van der Waals surface area contributed by atoms with E-state index in [0.717, 1.165) is 10.4 Å². The quantitative estimate of drug-likeness (QED) is 0.324. The molecule has 1 aliphatic rings. The SMILES string of the molecule is CNC(=O)C(C)OC1[C@@H](O)[C@@H](CO[Si](c2ccccc2)(c2ccccc2)C(C)(C)C)O[C@H]1n1cc(C)c(=O)[nH]c1=O. The van der Waals surface area contributed by atoms with Crippen LogP contribution >= 0.6 is 0 Å². The standard InChI is InChI=1S/C30H39N3O7Si/c1-19-17-33(29(37)32-26(19)35)28-25(39-20(2)27(36)31-6)24(34)23(40-28)18-38-41(30(3,4)5,21-13-9-7-10-14-21)22-15-11-8-12-16-22/h7-17,20,23-25,28,34H,18H2,1-6H3,(H,31,36)(H,32,35,37)/t20?,23-,24+,25?,28-/m1/s1. The first-order valence-electron chi connectivity index (χ1n) is 13.7. The third-order valence-electron chi connectivity index (χ3n) is 7.59. The van der Waals surface area contributed by atoms with Crippen LogP contribution < -0.4 is 26.9 Å². The van der Waals surface area contributed by atoms with Gasteiger partial charge in [0.1, 0.15) is 24.4 Å². The first-order valence-corrected chi connectivity index (χ1v) is 15.6. The van der Waals surface area contributed by atoms with E-state index in [1.165, 1.54) is 17.8 Å². The normalized spacial score (nSPS) is 21.9. The van der Waals surface area contributed by atoms with Crippen molar-refractivity contribution in [2.24, 2.45) is 0 Å². The van der Waals surface area contributed by atoms with E-state index in [1.54, 1.807) is 13.8 Å². The minimum absolute atomic E-state index is 0.00372. The van der Waals surface area contributed by atoms with Gasteiger partial charge in [0.2, 0.25) is 5.91 Å². The molecule has 2 unspecified atom stereocenters. The van der Waals surface area contributed by atoms with Crippen LogP contribution in [-0.4, -0.2) is 67.0 Å². The zero-order valence-corrected chi connectivity index (χ0v) is 25.3. The van der Waals surface area contributed by atoms with Crippen molar-refractivity contribution in [2.45, 2.75) is 70.3 Å². The number of hydrogen-bond acceptors (Lipinski definition) is 7. The Labute approximate surface area is 240 Å². The van der Waals surface area contributed by atoms with Crippen LogP contribution in [-0.2, 0) is 18.7 Å². The Morgan fingerprint density at radius 3 is 2.17 bits per heavy atom. The third kappa shape index (κ3) is 6.00. The number of amides is 1. The molecule has 10 nitrogen and oxygen atoms in total. The summed E-state index contributed by atoms with van der Waals surface area (Å²) in [5.74, 6) is -0.395. The van der Waals surface area contributed by atoms with Gasteiger partial charge >= 0.3 is 5.69 Å². The smallest absolute Gasteiger partial charge is 0.330 e. The van der Waals surface area contributed by atoms with E-state index < -0.39 is 56.1 Å². The molecular weight excluding hydrogens is 542 g/mol. The summed E-state index contributed by atoms with van der Waals surface area (Å²) >= 11 is 0. The second-order valence-electron chi connectivity index (χ2n) is 11.4. The molecule has 0 bridgehead atoms. The van der Waals surface area contributed by atoms with E-state index in [4.69, 9.17) is 13.9 Å². The fraction of sp³-hybridized carbons (Fsp3) is 0.433. The number of rotatable bonds is 9. The molecule has 1 aliphatic heterocycles. The number of H-pyrrole nitrogens is 1. The Kier molecular flexibility index (Phi) is 9.15. The number of aliphatic hydroxyl groups excluding tert-OH is 1. The molecule has 4 rings (SSSR count). The van der Waals surface area contributed by atoms with Crippen LogP contribution in [0.3, 0.4) is 0 Å². The highest BCUT2D eigenvalue weighted by atomic mass is 28.4. The summed E-state index contributed by atoms with van der Waals surface area (Å²) in [6, 6.07) is 20.1. The maximum Gasteiger partial charge on any atom is 0.330 e. The van der Waals surface area contributed by atoms with Gasteiger partial charge in [0.05, 0.1) is 6.61 Å². The maximum absolute atomic E-state index is 12.8. The lowest BCUT2D eigenvalue weighted by atomic mass is 10.1. The van der Waals surface area contributed by atoms with Crippen LogP contribution in [0.5, 0.6) is 0 Å². The topological polar surface area (TPSA) is 132 Å². The maximum atomic E-state index is 12.8. The molecule has 220 valence electrons. The van der Waals surface area contributed by atoms with Gasteiger partial charge in [-0.15, -0.1) is 0 Å². The number of carbonyl (C=O) groups is 1. The van der Waals surface area contributed by atoms with Gasteiger partial charge in [-0.3, -0.25) is 19.1 Å². The van der Waals surface area contributed by atoms with E-state index in [0.29, 0.717) is 0 Å². The number of nitrogens with one attached hydrogen (secondary N) is 2. The fourth-order valence-electron chi connectivity index (χ4n) is 5.47. The van der Waals surface area contributed by atoms with Crippen LogP contribution in [0.15, 0.2) is 76.4 Å². The predicted molar refractivity (Wildman–Crippen MR) is 158 cm³/mol. The van der Waals surface area contributed by atoms with Crippen LogP contribution in [0.1, 0.15) is 39.5 Å².